The number of amides is 1. The second-order valence-corrected chi connectivity index (χ2v) is 7.01. The number of nitrogens with zero attached hydrogens (tertiary/aromatic N) is 1. The average Bonchev–Trinajstić information content (AvgIpc) is 2.63. The summed E-state index contributed by atoms with van der Waals surface area (Å²) >= 11 is 0. The van der Waals surface area contributed by atoms with Crippen LogP contribution in [0.15, 0.2) is 0 Å². The lowest BCUT2D eigenvalue weighted by Crippen LogP contribution is -2.41. The molecule has 0 bridgehead atoms. The van der Waals surface area contributed by atoms with E-state index in [2.05, 4.69) is 37.9 Å². The van der Waals surface area contributed by atoms with E-state index in [9.17, 15) is 4.79 Å². The normalized spacial score (nSPS) is 22.3. The van der Waals surface area contributed by atoms with Crippen LogP contribution in [-0.2, 0) is 4.79 Å². The van der Waals surface area contributed by atoms with E-state index in [-0.39, 0.29) is 0 Å². The number of hydrogen-bond donors (Lipinski definition) is 1. The van der Waals surface area contributed by atoms with Crippen LogP contribution in [0, 0.1) is 11.3 Å². The van der Waals surface area contributed by atoms with Crippen molar-refractivity contribution < 1.29 is 4.79 Å². The molecule has 1 rings (SSSR count). The van der Waals surface area contributed by atoms with Crippen LogP contribution in [0.5, 0.6) is 0 Å². The van der Waals surface area contributed by atoms with Crippen molar-refractivity contribution >= 4 is 5.91 Å². The first-order valence-electron chi connectivity index (χ1n) is 7.27. The Morgan fingerprint density at radius 1 is 1.44 bits per heavy atom. The quantitative estimate of drug-likeness (QED) is 0.818. The molecule has 1 aliphatic rings. The molecule has 106 valence electrons. The van der Waals surface area contributed by atoms with Gasteiger partial charge >= 0.3 is 0 Å². The molecule has 18 heavy (non-hydrogen) atoms. The highest BCUT2D eigenvalue weighted by Crippen LogP contribution is 2.27. The zero-order chi connectivity index (χ0) is 13.8. The molecule has 1 amide bonds. The van der Waals surface area contributed by atoms with Gasteiger partial charge in [0.25, 0.3) is 0 Å². The molecule has 3 nitrogen and oxygen atoms in total. The number of hydrogen-bond acceptors (Lipinski definition) is 2. The third-order valence-corrected chi connectivity index (χ3v) is 3.62. The first-order chi connectivity index (χ1) is 8.33. The van der Waals surface area contributed by atoms with Crippen LogP contribution in [0.25, 0.3) is 0 Å². The molecule has 1 heterocycles. The van der Waals surface area contributed by atoms with Gasteiger partial charge in [-0.1, -0.05) is 27.7 Å². The van der Waals surface area contributed by atoms with Crippen LogP contribution in [-0.4, -0.2) is 37.0 Å². The summed E-state index contributed by atoms with van der Waals surface area (Å²) in [4.78, 5) is 14.4. The predicted octanol–water partition coefficient (Wildman–Crippen LogP) is 2.66. The minimum Gasteiger partial charge on any atom is -0.338 e. The Bertz CT molecular complexity index is 270. The van der Waals surface area contributed by atoms with Crippen molar-refractivity contribution in [2.45, 2.75) is 59.4 Å². The standard InChI is InChI=1S/C15H30N2O/c1-12(10-15(2,3)4)9-14(18)17-8-6-7-13(17)11-16-5/h12-13,16H,6-11H2,1-5H3. The van der Waals surface area contributed by atoms with Crippen LogP contribution in [0.3, 0.4) is 0 Å². The fourth-order valence-electron chi connectivity index (χ4n) is 3.14. The van der Waals surface area contributed by atoms with E-state index in [1.807, 2.05) is 7.05 Å². The Labute approximate surface area is 112 Å². The minimum absolute atomic E-state index is 0.315. The van der Waals surface area contributed by atoms with Gasteiger partial charge < -0.3 is 10.2 Å². The molecule has 1 aliphatic heterocycles. The van der Waals surface area contributed by atoms with E-state index < -0.39 is 0 Å². The smallest absolute Gasteiger partial charge is 0.223 e. The van der Waals surface area contributed by atoms with Gasteiger partial charge in [-0.15, -0.1) is 0 Å². The van der Waals surface area contributed by atoms with Crippen molar-refractivity contribution in [1.29, 1.82) is 0 Å². The summed E-state index contributed by atoms with van der Waals surface area (Å²) in [6.07, 6.45) is 4.13. The maximum absolute atomic E-state index is 12.3. The molecule has 1 saturated heterocycles. The summed E-state index contributed by atoms with van der Waals surface area (Å²) in [5.74, 6) is 0.831. The average molecular weight is 254 g/mol. The summed E-state index contributed by atoms with van der Waals surface area (Å²) in [5.41, 5.74) is 0.315. The molecule has 0 spiro atoms. The second-order valence-electron chi connectivity index (χ2n) is 7.01. The Balaban J connectivity index is 2.44. The van der Waals surface area contributed by atoms with Gasteiger partial charge in [0.15, 0.2) is 0 Å². The Morgan fingerprint density at radius 3 is 2.67 bits per heavy atom. The van der Waals surface area contributed by atoms with E-state index in [1.54, 1.807) is 0 Å². The van der Waals surface area contributed by atoms with E-state index in [0.29, 0.717) is 29.7 Å². The van der Waals surface area contributed by atoms with Crippen molar-refractivity contribution in [2.75, 3.05) is 20.1 Å². The summed E-state index contributed by atoms with van der Waals surface area (Å²) in [5, 5.41) is 3.19. The van der Waals surface area contributed by atoms with Crippen LogP contribution in [0.4, 0.5) is 0 Å². The summed E-state index contributed by atoms with van der Waals surface area (Å²) in [7, 11) is 1.96. The summed E-state index contributed by atoms with van der Waals surface area (Å²) < 4.78 is 0. The molecule has 2 unspecified atom stereocenters. The molecule has 0 aliphatic carbocycles. The van der Waals surface area contributed by atoms with Crippen molar-refractivity contribution in [1.82, 2.24) is 10.2 Å². The van der Waals surface area contributed by atoms with Gasteiger partial charge in [0.2, 0.25) is 5.91 Å². The number of nitrogens with one attached hydrogen (secondary N) is 1. The first-order valence-corrected chi connectivity index (χ1v) is 7.27. The number of rotatable bonds is 5. The maximum atomic E-state index is 12.3. The van der Waals surface area contributed by atoms with Crippen LogP contribution < -0.4 is 5.32 Å². The summed E-state index contributed by atoms with van der Waals surface area (Å²) in [6.45, 7) is 10.8. The predicted molar refractivity (Wildman–Crippen MR) is 76.5 cm³/mol. The monoisotopic (exact) mass is 254 g/mol. The molecule has 1 fully saturated rings. The molecule has 0 aromatic heterocycles. The fraction of sp³-hybridized carbons (Fsp3) is 0.933. The van der Waals surface area contributed by atoms with Gasteiger partial charge in [0.05, 0.1) is 0 Å². The van der Waals surface area contributed by atoms with E-state index >= 15 is 0 Å². The first kappa shape index (κ1) is 15.5. The largest absolute Gasteiger partial charge is 0.338 e. The SMILES string of the molecule is CNCC1CCCN1C(=O)CC(C)CC(C)(C)C. The highest BCUT2D eigenvalue weighted by Gasteiger charge is 2.29. The number of carbonyl (C=O) groups excluding carboxylic acids is 1. The molecule has 0 radical (unpaired) electrons. The van der Waals surface area contributed by atoms with E-state index in [0.717, 1.165) is 32.4 Å². The molecule has 2 atom stereocenters. The van der Waals surface area contributed by atoms with Gasteiger partial charge in [0.1, 0.15) is 0 Å². The molecular formula is C15H30N2O. The summed E-state index contributed by atoms with van der Waals surface area (Å²) in [6, 6.07) is 0.421. The highest BCUT2D eigenvalue weighted by molar-refractivity contribution is 5.77. The lowest BCUT2D eigenvalue weighted by atomic mass is 9.84. The number of likely N-dealkylation sites (N-methyl/N-ethyl adjacent to an activating group) is 1. The van der Waals surface area contributed by atoms with Gasteiger partial charge in [-0.2, -0.15) is 0 Å². The number of likely N-dealkylation sites (tertiary alicyclic amines) is 1. The molecular weight excluding hydrogens is 224 g/mol. The van der Waals surface area contributed by atoms with Crippen LogP contribution >= 0.6 is 0 Å². The van der Waals surface area contributed by atoms with E-state index in [4.69, 9.17) is 0 Å². The van der Waals surface area contributed by atoms with Gasteiger partial charge in [-0.05, 0) is 37.6 Å². The molecule has 1 N–H and O–H groups in total. The minimum atomic E-state index is 0.315. The Morgan fingerprint density at radius 2 is 2.11 bits per heavy atom. The van der Waals surface area contributed by atoms with Crippen molar-refractivity contribution in [2.24, 2.45) is 11.3 Å². The van der Waals surface area contributed by atoms with Crippen molar-refractivity contribution in [3.63, 3.8) is 0 Å². The molecule has 0 saturated carbocycles. The molecule has 0 aromatic carbocycles. The van der Waals surface area contributed by atoms with Crippen molar-refractivity contribution in [3.05, 3.63) is 0 Å². The number of carbonyl (C=O) groups is 1. The lowest BCUT2D eigenvalue weighted by molar-refractivity contribution is -0.133. The zero-order valence-corrected chi connectivity index (χ0v) is 12.8. The molecule has 0 aromatic rings. The Kier molecular flexibility index (Phi) is 5.64. The maximum Gasteiger partial charge on any atom is 0.223 e. The Hall–Kier alpha value is -0.570. The van der Waals surface area contributed by atoms with Gasteiger partial charge in [-0.3, -0.25) is 4.79 Å². The van der Waals surface area contributed by atoms with Crippen molar-refractivity contribution in [3.8, 4) is 0 Å². The lowest BCUT2D eigenvalue weighted by Gasteiger charge is -2.28. The third-order valence-electron chi connectivity index (χ3n) is 3.62. The van der Waals surface area contributed by atoms with Gasteiger partial charge in [-0.25, -0.2) is 0 Å². The topological polar surface area (TPSA) is 32.3 Å². The second kappa shape index (κ2) is 6.55. The fourth-order valence-corrected chi connectivity index (χ4v) is 3.14. The van der Waals surface area contributed by atoms with Crippen LogP contribution in [0.2, 0.25) is 0 Å². The molecule has 3 heteroatoms. The van der Waals surface area contributed by atoms with E-state index in [1.165, 1.54) is 0 Å². The third kappa shape index (κ3) is 4.97. The van der Waals surface area contributed by atoms with Crippen LogP contribution in [0.1, 0.15) is 53.4 Å². The highest BCUT2D eigenvalue weighted by atomic mass is 16.2. The zero-order valence-electron chi connectivity index (χ0n) is 12.8. The van der Waals surface area contributed by atoms with Gasteiger partial charge in [0, 0.05) is 25.6 Å².